The fourth-order valence-electron chi connectivity index (χ4n) is 3.50. The summed E-state index contributed by atoms with van der Waals surface area (Å²) in [5.41, 5.74) is 0.442. The molecule has 0 unspecified atom stereocenters. The van der Waals surface area contributed by atoms with Crippen molar-refractivity contribution in [3.8, 4) is 5.75 Å². The second-order valence-corrected chi connectivity index (χ2v) is 7.48. The van der Waals surface area contributed by atoms with Crippen LogP contribution >= 0.6 is 0 Å². The Bertz CT molecular complexity index is 1180. The lowest BCUT2D eigenvalue weighted by Crippen LogP contribution is -2.52. The summed E-state index contributed by atoms with van der Waals surface area (Å²) < 4.78 is 43.1. The third-order valence-corrected chi connectivity index (χ3v) is 5.05. The van der Waals surface area contributed by atoms with Gasteiger partial charge in [0.1, 0.15) is 18.1 Å². The number of nitrogens with zero attached hydrogens (tertiary/aromatic N) is 4. The fraction of sp³-hybridized carbons (Fsp3) is 0.350. The van der Waals surface area contributed by atoms with Crippen molar-refractivity contribution in [2.45, 2.75) is 32.0 Å². The third kappa shape index (κ3) is 4.54. The smallest absolute Gasteiger partial charge is 0.406 e. The molecular formula is C20H20F3N5O4. The molecule has 1 aromatic carbocycles. The Kier molecular flexibility index (Phi) is 5.55. The monoisotopic (exact) mass is 451 g/mol. The maximum Gasteiger partial charge on any atom is 0.573 e. The predicted molar refractivity (Wildman–Crippen MR) is 107 cm³/mol. The van der Waals surface area contributed by atoms with Gasteiger partial charge in [0.05, 0.1) is 12.1 Å². The van der Waals surface area contributed by atoms with E-state index in [9.17, 15) is 27.9 Å². The number of rotatable bonds is 6. The van der Waals surface area contributed by atoms with Crippen LogP contribution in [0.4, 0.5) is 19.0 Å². The standard InChI is InChI=1S/C20H20F3N5O4/c1-12(13-5-7-15(8-6-13)32-20(21,22)23)24-17(30)11-27-19(31)28-16(25-27)3-2-4-18(28)26-9-14(29)10-26/h2-8,12,14,29H,9-11H2,1H3,(H,24,30)/t12-/m0/s1. The van der Waals surface area contributed by atoms with E-state index < -0.39 is 30.1 Å². The van der Waals surface area contributed by atoms with Gasteiger partial charge in [0.2, 0.25) is 5.91 Å². The molecule has 1 atom stereocenters. The van der Waals surface area contributed by atoms with Crippen LogP contribution in [0.25, 0.3) is 5.65 Å². The molecule has 170 valence electrons. The summed E-state index contributed by atoms with van der Waals surface area (Å²) in [6, 6.07) is 9.74. The number of fused-ring (bicyclic) bond motifs is 1. The Morgan fingerprint density at radius 1 is 1.25 bits per heavy atom. The van der Waals surface area contributed by atoms with Crippen LogP contribution in [0.1, 0.15) is 18.5 Å². The molecule has 1 fully saturated rings. The molecule has 1 aliphatic rings. The number of halogens is 3. The molecule has 0 spiro atoms. The number of carbonyl (C=O) groups is 1. The van der Waals surface area contributed by atoms with Crippen LogP contribution in [0.2, 0.25) is 0 Å². The van der Waals surface area contributed by atoms with E-state index >= 15 is 0 Å². The van der Waals surface area contributed by atoms with Gasteiger partial charge in [-0.25, -0.2) is 13.9 Å². The molecule has 1 saturated heterocycles. The first kappa shape index (κ1) is 21.7. The number of ether oxygens (including phenoxy) is 1. The van der Waals surface area contributed by atoms with Gasteiger partial charge in [-0.3, -0.25) is 4.79 Å². The van der Waals surface area contributed by atoms with Gasteiger partial charge in [0.15, 0.2) is 5.65 Å². The Hall–Kier alpha value is -3.54. The minimum absolute atomic E-state index is 0.331. The number of aliphatic hydroxyl groups is 1. The van der Waals surface area contributed by atoms with E-state index in [1.807, 2.05) is 4.90 Å². The van der Waals surface area contributed by atoms with Gasteiger partial charge in [0, 0.05) is 13.1 Å². The van der Waals surface area contributed by atoms with Crippen molar-refractivity contribution in [2.75, 3.05) is 18.0 Å². The quantitative estimate of drug-likeness (QED) is 0.589. The lowest BCUT2D eigenvalue weighted by Gasteiger charge is -2.37. The molecule has 2 aromatic heterocycles. The summed E-state index contributed by atoms with van der Waals surface area (Å²) in [7, 11) is 0. The van der Waals surface area contributed by atoms with Crippen LogP contribution < -0.4 is 20.6 Å². The number of hydrogen-bond donors (Lipinski definition) is 2. The topological polar surface area (TPSA) is 101 Å². The lowest BCUT2D eigenvalue weighted by molar-refractivity contribution is -0.274. The highest BCUT2D eigenvalue weighted by Gasteiger charge is 2.31. The molecule has 0 saturated carbocycles. The van der Waals surface area contributed by atoms with E-state index in [-0.39, 0.29) is 12.3 Å². The summed E-state index contributed by atoms with van der Waals surface area (Å²) in [5, 5.41) is 16.4. The van der Waals surface area contributed by atoms with E-state index in [0.29, 0.717) is 30.1 Å². The zero-order chi connectivity index (χ0) is 23.0. The average molecular weight is 451 g/mol. The van der Waals surface area contributed by atoms with E-state index in [2.05, 4.69) is 15.2 Å². The highest BCUT2D eigenvalue weighted by atomic mass is 19.4. The molecule has 3 heterocycles. The van der Waals surface area contributed by atoms with Crippen LogP contribution in [-0.4, -0.2) is 50.8 Å². The molecule has 0 aliphatic carbocycles. The number of benzene rings is 1. The lowest BCUT2D eigenvalue weighted by atomic mass is 10.1. The molecule has 9 nitrogen and oxygen atoms in total. The van der Waals surface area contributed by atoms with Gasteiger partial charge < -0.3 is 20.1 Å². The normalized spacial score (nSPS) is 15.5. The molecule has 1 aliphatic heterocycles. The van der Waals surface area contributed by atoms with E-state index in [1.54, 1.807) is 25.1 Å². The number of anilines is 1. The summed E-state index contributed by atoms with van der Waals surface area (Å²) in [6.07, 6.45) is -5.23. The number of amides is 1. The molecule has 2 N–H and O–H groups in total. The van der Waals surface area contributed by atoms with Crippen molar-refractivity contribution >= 4 is 17.4 Å². The Morgan fingerprint density at radius 3 is 2.56 bits per heavy atom. The minimum atomic E-state index is -4.78. The first-order chi connectivity index (χ1) is 15.1. The van der Waals surface area contributed by atoms with E-state index in [4.69, 9.17) is 0 Å². The van der Waals surface area contributed by atoms with Crippen LogP contribution in [0.15, 0.2) is 47.3 Å². The second kappa shape index (κ2) is 8.19. The largest absolute Gasteiger partial charge is 0.573 e. The maximum absolute atomic E-state index is 12.8. The van der Waals surface area contributed by atoms with Crippen LogP contribution in [0, 0.1) is 0 Å². The molecule has 0 bridgehead atoms. The number of hydrogen-bond acceptors (Lipinski definition) is 6. The first-order valence-electron chi connectivity index (χ1n) is 9.77. The Morgan fingerprint density at radius 2 is 1.94 bits per heavy atom. The highest BCUT2D eigenvalue weighted by Crippen LogP contribution is 2.24. The van der Waals surface area contributed by atoms with Crippen molar-refractivity contribution in [2.24, 2.45) is 0 Å². The number of alkyl halides is 3. The number of β-amino-alcohol motifs (C(OH)–C–C–N with tert-alkyl or cyclic N) is 1. The molecule has 4 rings (SSSR count). The Labute approximate surface area is 179 Å². The van der Waals surface area contributed by atoms with E-state index in [1.165, 1.54) is 16.5 Å². The summed E-state index contributed by atoms with van der Waals surface area (Å²) >= 11 is 0. The van der Waals surface area contributed by atoms with Gasteiger partial charge in [-0.2, -0.15) is 0 Å². The average Bonchev–Trinajstić information content (AvgIpc) is 3.00. The van der Waals surface area contributed by atoms with Crippen molar-refractivity contribution < 1.29 is 27.8 Å². The first-order valence-corrected chi connectivity index (χ1v) is 9.77. The zero-order valence-corrected chi connectivity index (χ0v) is 16.9. The minimum Gasteiger partial charge on any atom is -0.406 e. The number of aromatic nitrogens is 3. The maximum atomic E-state index is 12.8. The summed E-state index contributed by atoms with van der Waals surface area (Å²) in [4.78, 5) is 27.1. The second-order valence-electron chi connectivity index (χ2n) is 7.48. The van der Waals surface area contributed by atoms with Crippen LogP contribution in [0.3, 0.4) is 0 Å². The fourth-order valence-corrected chi connectivity index (χ4v) is 3.50. The predicted octanol–water partition coefficient (Wildman–Crippen LogP) is 1.45. The van der Waals surface area contributed by atoms with E-state index in [0.717, 1.165) is 16.8 Å². The van der Waals surface area contributed by atoms with Crippen molar-refractivity contribution in [1.82, 2.24) is 19.5 Å². The summed E-state index contributed by atoms with van der Waals surface area (Å²) in [5.74, 6) is -0.264. The van der Waals surface area contributed by atoms with Gasteiger partial charge in [-0.05, 0) is 36.8 Å². The zero-order valence-electron chi connectivity index (χ0n) is 16.9. The Balaban J connectivity index is 1.44. The van der Waals surface area contributed by atoms with Crippen LogP contribution in [-0.2, 0) is 11.3 Å². The van der Waals surface area contributed by atoms with Gasteiger partial charge in [0.25, 0.3) is 0 Å². The summed E-state index contributed by atoms with van der Waals surface area (Å²) in [6.45, 7) is 2.14. The number of carbonyl (C=O) groups excluding carboxylic acids is 1. The van der Waals surface area contributed by atoms with Gasteiger partial charge in [-0.1, -0.05) is 18.2 Å². The molecular weight excluding hydrogens is 431 g/mol. The number of aliphatic hydroxyl groups excluding tert-OH is 1. The molecule has 3 aromatic rings. The van der Waals surface area contributed by atoms with Crippen molar-refractivity contribution in [3.05, 3.63) is 58.5 Å². The van der Waals surface area contributed by atoms with Gasteiger partial charge in [-0.15, -0.1) is 18.3 Å². The molecule has 12 heteroatoms. The van der Waals surface area contributed by atoms with Gasteiger partial charge >= 0.3 is 12.1 Å². The molecule has 1 amide bonds. The molecule has 0 radical (unpaired) electrons. The third-order valence-electron chi connectivity index (χ3n) is 5.05. The number of pyridine rings is 1. The van der Waals surface area contributed by atoms with Crippen molar-refractivity contribution in [3.63, 3.8) is 0 Å². The SMILES string of the molecule is C[C@H](NC(=O)Cn1nc2cccc(N3CC(O)C3)n2c1=O)c1ccc(OC(F)(F)F)cc1. The highest BCUT2D eigenvalue weighted by molar-refractivity contribution is 5.76. The van der Waals surface area contributed by atoms with Crippen LogP contribution in [0.5, 0.6) is 5.75 Å². The van der Waals surface area contributed by atoms with Crippen molar-refractivity contribution in [1.29, 1.82) is 0 Å². The number of nitrogens with one attached hydrogen (secondary N) is 1. The molecule has 32 heavy (non-hydrogen) atoms.